The van der Waals surface area contributed by atoms with Gasteiger partial charge in [-0.1, -0.05) is 55.0 Å². The van der Waals surface area contributed by atoms with E-state index < -0.39 is 0 Å². The van der Waals surface area contributed by atoms with Gasteiger partial charge in [0.2, 0.25) is 5.91 Å². The van der Waals surface area contributed by atoms with E-state index in [0.717, 1.165) is 18.5 Å². The molecule has 4 rings (SSSR count). The Morgan fingerprint density at radius 3 is 2.47 bits per heavy atom. The molecule has 0 radical (unpaired) electrons. The monoisotopic (exact) mass is 434 g/mol. The first-order chi connectivity index (χ1) is 15.6. The normalized spacial score (nSPS) is 18.7. The first kappa shape index (κ1) is 22.3. The van der Waals surface area contributed by atoms with Crippen LogP contribution in [-0.4, -0.2) is 47.4 Å². The highest BCUT2D eigenvalue weighted by atomic mass is 16.2. The summed E-state index contributed by atoms with van der Waals surface area (Å²) in [6.45, 7) is 6.23. The van der Waals surface area contributed by atoms with Crippen molar-refractivity contribution in [2.24, 2.45) is 0 Å². The molecule has 1 atom stereocenters. The summed E-state index contributed by atoms with van der Waals surface area (Å²) in [5.74, 6) is -0.0500. The minimum atomic E-state index is -0.318. The Labute approximate surface area is 191 Å². The van der Waals surface area contributed by atoms with Gasteiger partial charge in [0, 0.05) is 32.2 Å². The van der Waals surface area contributed by atoms with Crippen molar-refractivity contribution in [3.8, 4) is 0 Å². The molecule has 0 bridgehead atoms. The number of fused-ring (bicyclic) bond motifs is 1. The van der Waals surface area contributed by atoms with Crippen LogP contribution >= 0.6 is 0 Å². The predicted octanol–water partition coefficient (Wildman–Crippen LogP) is 3.45. The van der Waals surface area contributed by atoms with Gasteiger partial charge in [-0.05, 0) is 55.0 Å². The van der Waals surface area contributed by atoms with Crippen molar-refractivity contribution in [1.82, 2.24) is 20.4 Å². The van der Waals surface area contributed by atoms with Crippen molar-refractivity contribution in [2.45, 2.75) is 58.3 Å². The van der Waals surface area contributed by atoms with E-state index in [1.165, 1.54) is 42.5 Å². The van der Waals surface area contributed by atoms with Gasteiger partial charge in [0.05, 0.1) is 6.54 Å². The smallest absolute Gasteiger partial charge is 0.315 e. The first-order valence-electron chi connectivity index (χ1n) is 11.8. The summed E-state index contributed by atoms with van der Waals surface area (Å²) in [7, 11) is 0. The zero-order valence-corrected chi connectivity index (χ0v) is 19.0. The van der Waals surface area contributed by atoms with Crippen LogP contribution in [0.4, 0.5) is 4.79 Å². The fraction of sp³-hybridized carbons (Fsp3) is 0.462. The molecule has 3 amide bonds. The first-order valence-corrected chi connectivity index (χ1v) is 11.8. The standard InChI is InChI=1S/C26H34N4O2/c1-20-6-4-5-14-29(20)18-22-11-9-21(10-12-22)16-27-26(32)28-17-25(31)30-15-13-23-7-2-3-8-24(23)19-30/h2-3,7-12,20H,4-6,13-19H2,1H3,(H2,27,28,32). The number of nitrogens with one attached hydrogen (secondary N) is 2. The van der Waals surface area contributed by atoms with Crippen LogP contribution in [0.3, 0.4) is 0 Å². The van der Waals surface area contributed by atoms with E-state index in [2.05, 4.69) is 58.9 Å². The third-order valence-electron chi connectivity index (χ3n) is 6.69. The van der Waals surface area contributed by atoms with Gasteiger partial charge in [0.25, 0.3) is 0 Å². The van der Waals surface area contributed by atoms with Crippen molar-refractivity contribution in [1.29, 1.82) is 0 Å². The second kappa shape index (κ2) is 10.6. The van der Waals surface area contributed by atoms with Crippen LogP contribution in [0.15, 0.2) is 48.5 Å². The van der Waals surface area contributed by atoms with E-state index in [-0.39, 0.29) is 18.5 Å². The average molecular weight is 435 g/mol. The topological polar surface area (TPSA) is 64.7 Å². The maximum absolute atomic E-state index is 12.5. The highest BCUT2D eigenvalue weighted by Gasteiger charge is 2.20. The molecule has 0 saturated carbocycles. The lowest BCUT2D eigenvalue weighted by molar-refractivity contribution is -0.130. The van der Waals surface area contributed by atoms with E-state index in [1.807, 2.05) is 17.0 Å². The molecule has 32 heavy (non-hydrogen) atoms. The number of likely N-dealkylation sites (tertiary alicyclic amines) is 1. The summed E-state index contributed by atoms with van der Waals surface area (Å²) in [4.78, 5) is 29.0. The molecule has 1 fully saturated rings. The van der Waals surface area contributed by atoms with Crippen LogP contribution in [0.1, 0.15) is 48.4 Å². The minimum Gasteiger partial charge on any atom is -0.336 e. The largest absolute Gasteiger partial charge is 0.336 e. The molecule has 2 N–H and O–H groups in total. The molecule has 6 heteroatoms. The number of hydrogen-bond acceptors (Lipinski definition) is 3. The van der Waals surface area contributed by atoms with Gasteiger partial charge in [0.15, 0.2) is 0 Å². The van der Waals surface area contributed by atoms with E-state index >= 15 is 0 Å². The van der Waals surface area contributed by atoms with Crippen LogP contribution in [0.2, 0.25) is 0 Å². The molecule has 2 heterocycles. The fourth-order valence-corrected chi connectivity index (χ4v) is 4.61. The average Bonchev–Trinajstić information content (AvgIpc) is 2.83. The van der Waals surface area contributed by atoms with Crippen LogP contribution in [0.5, 0.6) is 0 Å². The van der Waals surface area contributed by atoms with E-state index in [4.69, 9.17) is 0 Å². The van der Waals surface area contributed by atoms with Crippen LogP contribution in [0.25, 0.3) is 0 Å². The van der Waals surface area contributed by atoms with Gasteiger partial charge in [0.1, 0.15) is 0 Å². The van der Waals surface area contributed by atoms with Crippen LogP contribution in [-0.2, 0) is 30.8 Å². The van der Waals surface area contributed by atoms with E-state index in [9.17, 15) is 9.59 Å². The van der Waals surface area contributed by atoms with Crippen molar-refractivity contribution in [3.63, 3.8) is 0 Å². The summed E-state index contributed by atoms with van der Waals surface area (Å²) in [5.41, 5.74) is 4.85. The lowest BCUT2D eigenvalue weighted by Crippen LogP contribution is -2.45. The Kier molecular flexibility index (Phi) is 7.43. The number of carbonyl (C=O) groups is 2. The maximum Gasteiger partial charge on any atom is 0.315 e. The molecule has 0 aromatic heterocycles. The van der Waals surface area contributed by atoms with Gasteiger partial charge in [-0.15, -0.1) is 0 Å². The van der Waals surface area contributed by atoms with Crippen molar-refractivity contribution in [3.05, 3.63) is 70.8 Å². The Balaban J connectivity index is 1.18. The third kappa shape index (κ3) is 5.88. The van der Waals surface area contributed by atoms with Gasteiger partial charge < -0.3 is 15.5 Å². The van der Waals surface area contributed by atoms with Crippen LogP contribution < -0.4 is 10.6 Å². The summed E-state index contributed by atoms with van der Waals surface area (Å²) in [5, 5.41) is 5.55. The number of amides is 3. The minimum absolute atomic E-state index is 0.0148. The Hall–Kier alpha value is -2.86. The predicted molar refractivity (Wildman–Crippen MR) is 126 cm³/mol. The molecule has 0 aliphatic carbocycles. The SMILES string of the molecule is CC1CCCCN1Cc1ccc(CNC(=O)NCC(=O)N2CCc3ccccc3C2)cc1. The molecule has 2 aliphatic rings. The highest BCUT2D eigenvalue weighted by molar-refractivity contribution is 5.84. The Morgan fingerprint density at radius 2 is 1.69 bits per heavy atom. The fourth-order valence-electron chi connectivity index (χ4n) is 4.61. The van der Waals surface area contributed by atoms with Crippen LogP contribution in [0, 0.1) is 0 Å². The number of hydrogen-bond donors (Lipinski definition) is 2. The zero-order chi connectivity index (χ0) is 22.3. The van der Waals surface area contributed by atoms with Gasteiger partial charge in [-0.2, -0.15) is 0 Å². The quantitative estimate of drug-likeness (QED) is 0.732. The number of rotatable bonds is 6. The molecule has 170 valence electrons. The van der Waals surface area contributed by atoms with E-state index in [1.54, 1.807) is 0 Å². The molecule has 6 nitrogen and oxygen atoms in total. The number of benzene rings is 2. The van der Waals surface area contributed by atoms with E-state index in [0.29, 0.717) is 25.7 Å². The molecule has 0 spiro atoms. The molecular weight excluding hydrogens is 400 g/mol. The Morgan fingerprint density at radius 1 is 0.938 bits per heavy atom. The molecule has 1 unspecified atom stereocenters. The molecule has 2 aromatic carbocycles. The van der Waals surface area contributed by atoms with Gasteiger partial charge in [-0.3, -0.25) is 9.69 Å². The molecule has 2 aromatic rings. The lowest BCUT2D eigenvalue weighted by atomic mass is 10.00. The second-order valence-electron chi connectivity index (χ2n) is 9.00. The third-order valence-corrected chi connectivity index (χ3v) is 6.69. The summed E-state index contributed by atoms with van der Waals surface area (Å²) in [6, 6.07) is 17.0. The molecule has 2 aliphatic heterocycles. The van der Waals surface area contributed by atoms with Crippen molar-refractivity contribution in [2.75, 3.05) is 19.6 Å². The van der Waals surface area contributed by atoms with Gasteiger partial charge in [-0.25, -0.2) is 4.79 Å². The second-order valence-corrected chi connectivity index (χ2v) is 9.00. The summed E-state index contributed by atoms with van der Waals surface area (Å²) >= 11 is 0. The van der Waals surface area contributed by atoms with Crippen molar-refractivity contribution < 1.29 is 9.59 Å². The van der Waals surface area contributed by atoms with Crippen molar-refractivity contribution >= 4 is 11.9 Å². The zero-order valence-electron chi connectivity index (χ0n) is 19.0. The summed E-state index contributed by atoms with van der Waals surface area (Å²) < 4.78 is 0. The maximum atomic E-state index is 12.5. The molecular formula is C26H34N4O2. The Bertz CT molecular complexity index is 928. The number of urea groups is 1. The number of nitrogens with zero attached hydrogens (tertiary/aromatic N) is 2. The summed E-state index contributed by atoms with van der Waals surface area (Å²) in [6.07, 6.45) is 4.77. The number of piperidine rings is 1. The lowest BCUT2D eigenvalue weighted by Gasteiger charge is -2.33. The van der Waals surface area contributed by atoms with Gasteiger partial charge >= 0.3 is 6.03 Å². The molecule has 1 saturated heterocycles. The number of carbonyl (C=O) groups excluding carboxylic acids is 2. The highest BCUT2D eigenvalue weighted by Crippen LogP contribution is 2.20.